The lowest BCUT2D eigenvalue weighted by Crippen LogP contribution is -2.26. The Labute approximate surface area is 445 Å². The Bertz CT molecular complexity index is 4480. The van der Waals surface area contributed by atoms with E-state index in [1.165, 1.54) is 27.6 Å². The molecule has 0 fully saturated rings. The Hall–Kier alpha value is -10.2. The maximum atomic E-state index is 7.16. The van der Waals surface area contributed by atoms with Crippen LogP contribution in [0.3, 0.4) is 0 Å². The molecule has 2 aliphatic carbocycles. The molecule has 0 saturated heterocycles. The minimum Gasteiger partial charge on any atom is -0.383 e. The normalized spacial score (nSPS) is 13.3. The van der Waals surface area contributed by atoms with E-state index in [2.05, 4.69) is 237 Å². The van der Waals surface area contributed by atoms with E-state index in [4.69, 9.17) is 30.7 Å². The molecule has 0 radical (unpaired) electrons. The van der Waals surface area contributed by atoms with Crippen molar-refractivity contribution < 1.29 is 0 Å². The monoisotopic (exact) mass is 982 g/mol. The van der Waals surface area contributed by atoms with E-state index >= 15 is 0 Å². The second-order valence-electron chi connectivity index (χ2n) is 20.0. The molecule has 0 amide bonds. The third-order valence-corrected chi connectivity index (χ3v) is 15.9. The first-order chi connectivity index (χ1) is 38.1. The molecule has 6 nitrogen and oxygen atoms in total. The number of hydrogen-bond acceptors (Lipinski definition) is 4. The summed E-state index contributed by atoms with van der Waals surface area (Å²) >= 11 is 0. The molecule has 0 unspecified atom stereocenters. The molecular formula is C71H46N6. The average molecular weight is 983 g/mol. The Balaban J connectivity index is 0.953. The van der Waals surface area contributed by atoms with Gasteiger partial charge in [0.25, 0.3) is 0 Å². The molecule has 0 atom stereocenters. The zero-order valence-electron chi connectivity index (χ0n) is 41.8. The van der Waals surface area contributed by atoms with Gasteiger partial charge in [-0.15, -0.1) is 0 Å². The molecule has 2 N–H and O–H groups in total. The van der Waals surface area contributed by atoms with Crippen molar-refractivity contribution in [2.24, 2.45) is 15.7 Å². The van der Waals surface area contributed by atoms with Crippen LogP contribution in [0.5, 0.6) is 0 Å². The number of aliphatic imine (C=N–C) groups is 2. The molecule has 1 spiro atoms. The van der Waals surface area contributed by atoms with Gasteiger partial charge in [-0.05, 0) is 105 Å². The van der Waals surface area contributed by atoms with Gasteiger partial charge in [-0.1, -0.05) is 243 Å². The van der Waals surface area contributed by atoms with Gasteiger partial charge in [-0.25, -0.2) is 19.9 Å². The molecule has 12 aromatic carbocycles. The first-order valence-corrected chi connectivity index (χ1v) is 26.1. The minimum absolute atomic E-state index is 0.404. The predicted molar refractivity (Wildman–Crippen MR) is 316 cm³/mol. The Morgan fingerprint density at radius 3 is 1.44 bits per heavy atom. The van der Waals surface area contributed by atoms with Crippen LogP contribution in [0.4, 0.5) is 0 Å². The summed E-state index contributed by atoms with van der Waals surface area (Å²) < 4.78 is 0. The highest BCUT2D eigenvalue weighted by molar-refractivity contribution is 6.16. The van der Waals surface area contributed by atoms with Crippen molar-refractivity contribution in [2.75, 3.05) is 0 Å². The number of aromatic nitrogens is 3. The SMILES string of the molecule is NC(=NC(=NCc1cccc2ccccc12)c1ccc2c(c1)C1(c3ccccc3-c3ccccc31)c1cc(-c3nc(-c4cccc5ccccc45)nc(-c4cccc5ccccc45)n3)ccc1-2)c1cccc2ccccc12. The summed E-state index contributed by atoms with van der Waals surface area (Å²) in [5, 5.41) is 8.87. The van der Waals surface area contributed by atoms with Crippen molar-refractivity contribution in [3.63, 3.8) is 0 Å². The lowest BCUT2D eigenvalue weighted by Gasteiger charge is -2.31. The summed E-state index contributed by atoms with van der Waals surface area (Å²) in [7, 11) is 0. The summed E-state index contributed by atoms with van der Waals surface area (Å²) in [5.41, 5.74) is 21.5. The third kappa shape index (κ3) is 7.07. The lowest BCUT2D eigenvalue weighted by atomic mass is 9.70. The van der Waals surface area contributed by atoms with Gasteiger partial charge in [0.05, 0.1) is 12.0 Å². The Morgan fingerprint density at radius 1 is 0.364 bits per heavy atom. The number of fused-ring (bicyclic) bond motifs is 14. The van der Waals surface area contributed by atoms with Crippen molar-refractivity contribution in [2.45, 2.75) is 12.0 Å². The van der Waals surface area contributed by atoms with Gasteiger partial charge in [0, 0.05) is 27.8 Å². The fraction of sp³-hybridized carbons (Fsp3) is 0.0282. The highest BCUT2D eigenvalue weighted by atomic mass is 15.0. The fourth-order valence-corrected chi connectivity index (χ4v) is 12.4. The zero-order chi connectivity index (χ0) is 51.0. The van der Waals surface area contributed by atoms with Crippen LogP contribution in [0.1, 0.15) is 38.9 Å². The molecule has 2 aliphatic rings. The smallest absolute Gasteiger partial charge is 0.164 e. The van der Waals surface area contributed by atoms with Gasteiger partial charge >= 0.3 is 0 Å². The summed E-state index contributed by atoms with van der Waals surface area (Å²) in [6.45, 7) is 0.411. The topological polar surface area (TPSA) is 89.4 Å². The molecule has 1 heterocycles. The highest BCUT2D eigenvalue weighted by Crippen LogP contribution is 2.63. The number of nitrogens with zero attached hydrogens (tertiary/aromatic N) is 5. The molecular weight excluding hydrogens is 937 g/mol. The Kier molecular flexibility index (Phi) is 10.2. The van der Waals surface area contributed by atoms with Crippen molar-refractivity contribution in [3.05, 3.63) is 294 Å². The Morgan fingerprint density at radius 2 is 0.805 bits per heavy atom. The van der Waals surface area contributed by atoms with Gasteiger partial charge in [0.2, 0.25) is 0 Å². The first-order valence-electron chi connectivity index (χ1n) is 26.1. The molecule has 1 aromatic heterocycles. The van der Waals surface area contributed by atoms with Crippen LogP contribution >= 0.6 is 0 Å². The molecule has 360 valence electrons. The molecule has 13 aromatic rings. The summed E-state index contributed by atoms with van der Waals surface area (Å²) in [6.07, 6.45) is 0. The number of hydrogen-bond donors (Lipinski definition) is 1. The van der Waals surface area contributed by atoms with Crippen molar-refractivity contribution in [1.29, 1.82) is 0 Å². The van der Waals surface area contributed by atoms with Crippen LogP contribution in [0.25, 0.3) is 99.5 Å². The number of rotatable bonds is 7. The van der Waals surface area contributed by atoms with E-state index in [1.807, 2.05) is 18.2 Å². The summed E-state index contributed by atoms with van der Waals surface area (Å²) in [6, 6.07) is 90.3. The average Bonchev–Trinajstić information content (AvgIpc) is 4.08. The van der Waals surface area contributed by atoms with Crippen LogP contribution in [-0.4, -0.2) is 26.6 Å². The molecule has 0 bridgehead atoms. The molecule has 6 heteroatoms. The van der Waals surface area contributed by atoms with Crippen molar-refractivity contribution in [1.82, 2.24) is 15.0 Å². The second-order valence-corrected chi connectivity index (χ2v) is 20.0. The van der Waals surface area contributed by atoms with Crippen LogP contribution in [0.2, 0.25) is 0 Å². The van der Waals surface area contributed by atoms with Crippen LogP contribution < -0.4 is 5.73 Å². The van der Waals surface area contributed by atoms with Crippen molar-refractivity contribution in [3.8, 4) is 56.4 Å². The zero-order valence-corrected chi connectivity index (χ0v) is 41.8. The van der Waals surface area contributed by atoms with Crippen LogP contribution in [-0.2, 0) is 12.0 Å². The maximum absolute atomic E-state index is 7.16. The van der Waals surface area contributed by atoms with E-state index in [0.717, 1.165) is 93.3 Å². The van der Waals surface area contributed by atoms with Gasteiger partial charge < -0.3 is 5.73 Å². The molecule has 0 aliphatic heterocycles. The van der Waals surface area contributed by atoms with Crippen molar-refractivity contribution >= 4 is 54.8 Å². The van der Waals surface area contributed by atoms with Gasteiger partial charge in [0.15, 0.2) is 23.3 Å². The fourth-order valence-electron chi connectivity index (χ4n) is 12.4. The maximum Gasteiger partial charge on any atom is 0.164 e. The molecule has 15 rings (SSSR count). The third-order valence-electron chi connectivity index (χ3n) is 15.9. The van der Waals surface area contributed by atoms with E-state index in [1.54, 1.807) is 0 Å². The number of amidine groups is 2. The summed E-state index contributed by atoms with van der Waals surface area (Å²) in [5.74, 6) is 2.80. The molecule has 77 heavy (non-hydrogen) atoms. The standard InChI is InChI=1S/C71H46N6/c72-66(59-32-14-22-45-18-2-6-27-52(45)59)74-67(73-43-50-25-13-21-44-17-1-5-26-51(44)50)48-37-39-57-58-40-38-49(42-65(58)71(64(57)41-48)62-35-11-9-30-55(62)56-31-10-12-36-63(56)71)68-75-69(60-33-15-23-46-19-3-7-28-53(46)60)77-70(76-68)61-34-16-24-47-20-4-8-29-54(47)61/h1-42H,43H2,(H2,72,73,74). The van der Waals surface area contributed by atoms with E-state index < -0.39 is 5.41 Å². The predicted octanol–water partition coefficient (Wildman–Crippen LogP) is 16.2. The minimum atomic E-state index is -0.723. The quantitative estimate of drug-likeness (QED) is 0.127. The second kappa shape index (κ2) is 17.8. The van der Waals surface area contributed by atoms with E-state index in [0.29, 0.717) is 35.7 Å². The highest BCUT2D eigenvalue weighted by Gasteiger charge is 2.52. The van der Waals surface area contributed by atoms with Crippen LogP contribution in [0, 0.1) is 0 Å². The lowest BCUT2D eigenvalue weighted by molar-refractivity contribution is 0.793. The largest absolute Gasteiger partial charge is 0.383 e. The van der Waals surface area contributed by atoms with Gasteiger partial charge in [-0.3, -0.25) is 4.99 Å². The van der Waals surface area contributed by atoms with E-state index in [9.17, 15) is 0 Å². The first kappa shape index (κ1) is 44.3. The van der Waals surface area contributed by atoms with Crippen LogP contribution in [0.15, 0.2) is 265 Å². The van der Waals surface area contributed by atoms with E-state index in [-0.39, 0.29) is 0 Å². The number of benzene rings is 12. The number of nitrogens with two attached hydrogens (primary N) is 1. The summed E-state index contributed by atoms with van der Waals surface area (Å²) in [4.78, 5) is 26.9. The van der Waals surface area contributed by atoms with Gasteiger partial charge in [-0.2, -0.15) is 0 Å². The van der Waals surface area contributed by atoms with Gasteiger partial charge in [0.1, 0.15) is 5.84 Å². The molecule has 0 saturated carbocycles.